The fourth-order valence-electron chi connectivity index (χ4n) is 2.36. The molecule has 0 spiro atoms. The van der Waals surface area contributed by atoms with Crippen LogP contribution in [0.3, 0.4) is 0 Å². The summed E-state index contributed by atoms with van der Waals surface area (Å²) in [4.78, 5) is 2.43. The Morgan fingerprint density at radius 2 is 1.84 bits per heavy atom. The van der Waals surface area contributed by atoms with Crippen LogP contribution in [0.4, 0.5) is 0 Å². The van der Waals surface area contributed by atoms with Crippen molar-refractivity contribution < 1.29 is 5.11 Å². The lowest BCUT2D eigenvalue weighted by molar-refractivity contribution is 0.184. The minimum Gasteiger partial charge on any atom is -0.396 e. The highest BCUT2D eigenvalue weighted by Crippen LogP contribution is 2.17. The van der Waals surface area contributed by atoms with Crippen LogP contribution in [0.25, 0.3) is 0 Å². The van der Waals surface area contributed by atoms with Crippen LogP contribution in [0.1, 0.15) is 38.3 Å². The summed E-state index contributed by atoms with van der Waals surface area (Å²) in [6.45, 7) is 6.73. The molecule has 0 radical (unpaired) electrons. The molecule has 1 unspecified atom stereocenters. The normalized spacial score (nSPS) is 13.2. The van der Waals surface area contributed by atoms with E-state index in [0.29, 0.717) is 12.1 Å². The number of nitrogens with one attached hydrogen (secondary N) is 1. The number of nitrogens with zero attached hydrogens (tertiary/aromatic N) is 1. The third kappa shape index (κ3) is 5.72. The van der Waals surface area contributed by atoms with Gasteiger partial charge in [0.25, 0.3) is 0 Å². The highest BCUT2D eigenvalue weighted by Gasteiger charge is 2.13. The molecule has 19 heavy (non-hydrogen) atoms. The average molecular weight is 264 g/mol. The quantitative estimate of drug-likeness (QED) is 0.719. The van der Waals surface area contributed by atoms with Crippen molar-refractivity contribution in [3.63, 3.8) is 0 Å². The van der Waals surface area contributed by atoms with E-state index in [9.17, 15) is 0 Å². The van der Waals surface area contributed by atoms with Gasteiger partial charge in [0, 0.05) is 31.8 Å². The van der Waals surface area contributed by atoms with Crippen molar-refractivity contribution >= 4 is 0 Å². The van der Waals surface area contributed by atoms with Gasteiger partial charge in [-0.3, -0.25) is 0 Å². The van der Waals surface area contributed by atoms with Crippen molar-refractivity contribution in [3.8, 4) is 0 Å². The lowest BCUT2D eigenvalue weighted by Gasteiger charge is -2.28. The number of hydrogen-bond acceptors (Lipinski definition) is 3. The number of hydrogen-bond donors (Lipinski definition) is 2. The highest BCUT2D eigenvalue weighted by molar-refractivity contribution is 5.18. The van der Waals surface area contributed by atoms with Gasteiger partial charge >= 0.3 is 0 Å². The molecule has 0 bridgehead atoms. The first-order valence-corrected chi connectivity index (χ1v) is 7.26. The lowest BCUT2D eigenvalue weighted by Crippen LogP contribution is -2.35. The summed E-state index contributed by atoms with van der Waals surface area (Å²) < 4.78 is 0. The molecular formula is C16H28N2O. The van der Waals surface area contributed by atoms with E-state index >= 15 is 0 Å². The van der Waals surface area contributed by atoms with E-state index in [4.69, 9.17) is 5.11 Å². The monoisotopic (exact) mass is 264 g/mol. The molecule has 1 rings (SSSR count). The van der Waals surface area contributed by atoms with Crippen LogP contribution < -0.4 is 5.32 Å². The molecule has 1 aromatic carbocycles. The van der Waals surface area contributed by atoms with Gasteiger partial charge in [0.2, 0.25) is 0 Å². The third-order valence-electron chi connectivity index (χ3n) is 3.59. The molecule has 0 fully saturated rings. The van der Waals surface area contributed by atoms with Gasteiger partial charge in [-0.15, -0.1) is 0 Å². The van der Waals surface area contributed by atoms with Crippen LogP contribution in [0.2, 0.25) is 0 Å². The molecular weight excluding hydrogens is 236 g/mol. The van der Waals surface area contributed by atoms with Gasteiger partial charge in [0.05, 0.1) is 0 Å². The summed E-state index contributed by atoms with van der Waals surface area (Å²) >= 11 is 0. The summed E-state index contributed by atoms with van der Waals surface area (Å²) in [6.07, 6.45) is 1.94. The maximum atomic E-state index is 8.96. The summed E-state index contributed by atoms with van der Waals surface area (Å²) in [7, 11) is 2.02. The Kier molecular flexibility index (Phi) is 7.72. The van der Waals surface area contributed by atoms with Gasteiger partial charge in [-0.05, 0) is 39.3 Å². The molecule has 0 aromatic heterocycles. The Labute approximate surface area is 117 Å². The Bertz CT molecular complexity index is 327. The molecule has 1 aromatic rings. The molecule has 1 atom stereocenters. The zero-order chi connectivity index (χ0) is 14.1. The fraction of sp³-hybridized carbons (Fsp3) is 0.625. The first-order valence-electron chi connectivity index (χ1n) is 7.26. The van der Waals surface area contributed by atoms with Crippen molar-refractivity contribution in [1.82, 2.24) is 10.2 Å². The number of aliphatic hydroxyl groups is 1. The molecule has 0 aliphatic heterocycles. The topological polar surface area (TPSA) is 35.5 Å². The molecule has 2 N–H and O–H groups in total. The van der Waals surface area contributed by atoms with Crippen LogP contribution in [-0.4, -0.2) is 42.8 Å². The zero-order valence-electron chi connectivity index (χ0n) is 12.5. The van der Waals surface area contributed by atoms with Crippen LogP contribution in [0.5, 0.6) is 0 Å². The van der Waals surface area contributed by atoms with E-state index in [2.05, 4.69) is 54.4 Å². The second-order valence-corrected chi connectivity index (χ2v) is 5.25. The Balaban J connectivity index is 2.51. The molecule has 0 amide bonds. The van der Waals surface area contributed by atoms with E-state index in [-0.39, 0.29) is 6.61 Å². The van der Waals surface area contributed by atoms with E-state index in [1.807, 2.05) is 7.05 Å². The van der Waals surface area contributed by atoms with Crippen LogP contribution >= 0.6 is 0 Å². The molecule has 0 aliphatic rings. The minimum absolute atomic E-state index is 0.275. The van der Waals surface area contributed by atoms with Gasteiger partial charge in [0.1, 0.15) is 0 Å². The minimum atomic E-state index is 0.275. The third-order valence-corrected chi connectivity index (χ3v) is 3.59. The van der Waals surface area contributed by atoms with Crippen molar-refractivity contribution in [2.24, 2.45) is 0 Å². The Morgan fingerprint density at radius 1 is 1.16 bits per heavy atom. The van der Waals surface area contributed by atoms with Gasteiger partial charge < -0.3 is 15.3 Å². The van der Waals surface area contributed by atoms with E-state index < -0.39 is 0 Å². The second kappa shape index (κ2) is 9.08. The summed E-state index contributed by atoms with van der Waals surface area (Å²) in [5, 5.41) is 12.4. The molecule has 0 saturated carbocycles. The first kappa shape index (κ1) is 16.2. The fourth-order valence-corrected chi connectivity index (χ4v) is 2.36. The lowest BCUT2D eigenvalue weighted by atomic mass is 10.0. The van der Waals surface area contributed by atoms with Crippen molar-refractivity contribution in [1.29, 1.82) is 0 Å². The zero-order valence-corrected chi connectivity index (χ0v) is 12.5. The van der Waals surface area contributed by atoms with E-state index in [0.717, 1.165) is 25.9 Å². The summed E-state index contributed by atoms with van der Waals surface area (Å²) in [5.41, 5.74) is 1.34. The van der Waals surface area contributed by atoms with Gasteiger partial charge in [-0.2, -0.15) is 0 Å². The van der Waals surface area contributed by atoms with Gasteiger partial charge in [-0.1, -0.05) is 30.3 Å². The van der Waals surface area contributed by atoms with Crippen LogP contribution in [0.15, 0.2) is 30.3 Å². The van der Waals surface area contributed by atoms with Crippen LogP contribution in [-0.2, 0) is 0 Å². The summed E-state index contributed by atoms with van der Waals surface area (Å²) in [5.74, 6) is 0. The van der Waals surface area contributed by atoms with Crippen LogP contribution in [0, 0.1) is 0 Å². The second-order valence-electron chi connectivity index (χ2n) is 5.25. The van der Waals surface area contributed by atoms with E-state index in [1.54, 1.807) is 0 Å². The molecule has 108 valence electrons. The maximum Gasteiger partial charge on any atom is 0.0443 e. The average Bonchev–Trinajstić information content (AvgIpc) is 2.43. The Morgan fingerprint density at radius 3 is 2.37 bits per heavy atom. The number of rotatable bonds is 9. The molecule has 0 saturated heterocycles. The summed E-state index contributed by atoms with van der Waals surface area (Å²) in [6, 6.07) is 11.5. The molecule has 0 aliphatic carbocycles. The van der Waals surface area contributed by atoms with Gasteiger partial charge in [0.15, 0.2) is 0 Å². The molecule has 3 nitrogen and oxygen atoms in total. The Hall–Kier alpha value is -0.900. The predicted octanol–water partition coefficient (Wildman–Crippen LogP) is 2.43. The molecule has 3 heteroatoms. The van der Waals surface area contributed by atoms with Crippen molar-refractivity contribution in [2.75, 3.05) is 26.7 Å². The molecule has 0 heterocycles. The number of benzene rings is 1. The predicted molar refractivity (Wildman–Crippen MR) is 81.3 cm³/mol. The highest BCUT2D eigenvalue weighted by atomic mass is 16.3. The largest absolute Gasteiger partial charge is 0.396 e. The first-order chi connectivity index (χ1) is 9.19. The number of aliphatic hydroxyl groups excluding tert-OH is 1. The van der Waals surface area contributed by atoms with E-state index in [1.165, 1.54) is 5.56 Å². The smallest absolute Gasteiger partial charge is 0.0443 e. The maximum absolute atomic E-state index is 8.96. The van der Waals surface area contributed by atoms with Crippen molar-refractivity contribution in [2.45, 2.75) is 38.8 Å². The van der Waals surface area contributed by atoms with Gasteiger partial charge in [-0.25, -0.2) is 0 Å². The standard InChI is InChI=1S/C16H28N2O/c1-14(2)18(11-7-13-19)12-10-16(17-3)15-8-5-4-6-9-15/h4-6,8-9,14,16-17,19H,7,10-13H2,1-3H3. The van der Waals surface area contributed by atoms with Crippen molar-refractivity contribution in [3.05, 3.63) is 35.9 Å². The SMILES string of the molecule is CNC(CCN(CCCO)C(C)C)c1ccccc1.